The molecule has 1 aliphatic heterocycles. The normalized spacial score (nSPS) is 14.1. The van der Waals surface area contributed by atoms with E-state index in [1.54, 1.807) is 0 Å². The standard InChI is InChI=1S/C14H20N2O/c1-10(2)9-14(17)16-13-7-3-6-12-11(13)5-4-8-15-12/h3,6-7,10,15H,4-5,8-9H2,1-2H3,(H,16,17). The number of hydrogen-bond donors (Lipinski definition) is 2. The molecular formula is C14H20N2O. The Hall–Kier alpha value is -1.51. The zero-order valence-electron chi connectivity index (χ0n) is 10.5. The first kappa shape index (κ1) is 12.0. The van der Waals surface area contributed by atoms with Crippen LogP contribution in [0.3, 0.4) is 0 Å². The molecule has 0 spiro atoms. The number of fused-ring (bicyclic) bond motifs is 1. The molecule has 17 heavy (non-hydrogen) atoms. The first-order valence-corrected chi connectivity index (χ1v) is 6.32. The van der Waals surface area contributed by atoms with Crippen LogP contribution in [0.1, 0.15) is 32.3 Å². The second-order valence-corrected chi connectivity index (χ2v) is 5.01. The van der Waals surface area contributed by atoms with Gasteiger partial charge in [-0.3, -0.25) is 4.79 Å². The van der Waals surface area contributed by atoms with E-state index in [1.165, 1.54) is 11.3 Å². The molecule has 3 nitrogen and oxygen atoms in total. The lowest BCUT2D eigenvalue weighted by atomic mass is 10.0. The van der Waals surface area contributed by atoms with Crippen molar-refractivity contribution in [2.75, 3.05) is 17.2 Å². The van der Waals surface area contributed by atoms with E-state index in [9.17, 15) is 4.79 Å². The van der Waals surface area contributed by atoms with E-state index in [4.69, 9.17) is 0 Å². The molecule has 0 unspecified atom stereocenters. The number of anilines is 2. The van der Waals surface area contributed by atoms with Crippen LogP contribution in [0.2, 0.25) is 0 Å². The van der Waals surface area contributed by atoms with Gasteiger partial charge in [-0.2, -0.15) is 0 Å². The van der Waals surface area contributed by atoms with E-state index in [-0.39, 0.29) is 5.91 Å². The topological polar surface area (TPSA) is 41.1 Å². The molecule has 1 amide bonds. The van der Waals surface area contributed by atoms with Gasteiger partial charge in [0.25, 0.3) is 0 Å². The molecule has 2 rings (SSSR count). The zero-order valence-corrected chi connectivity index (χ0v) is 10.5. The molecule has 1 aromatic carbocycles. The number of carbonyl (C=O) groups excluding carboxylic acids is 1. The van der Waals surface area contributed by atoms with Gasteiger partial charge in [-0.15, -0.1) is 0 Å². The minimum atomic E-state index is 0.110. The lowest BCUT2D eigenvalue weighted by molar-refractivity contribution is -0.116. The fraction of sp³-hybridized carbons (Fsp3) is 0.500. The maximum absolute atomic E-state index is 11.8. The molecule has 3 heteroatoms. The fourth-order valence-corrected chi connectivity index (χ4v) is 2.20. The lowest BCUT2D eigenvalue weighted by Gasteiger charge is -2.21. The average Bonchev–Trinajstić information content (AvgIpc) is 2.28. The summed E-state index contributed by atoms with van der Waals surface area (Å²) in [4.78, 5) is 11.8. The summed E-state index contributed by atoms with van der Waals surface area (Å²) in [5, 5.41) is 6.39. The Labute approximate surface area is 103 Å². The summed E-state index contributed by atoms with van der Waals surface area (Å²) < 4.78 is 0. The summed E-state index contributed by atoms with van der Waals surface area (Å²) in [6.45, 7) is 5.14. The van der Waals surface area contributed by atoms with E-state index in [0.717, 1.165) is 25.1 Å². The third kappa shape index (κ3) is 2.99. The van der Waals surface area contributed by atoms with Crippen molar-refractivity contribution < 1.29 is 4.79 Å². The van der Waals surface area contributed by atoms with Gasteiger partial charge in [0.15, 0.2) is 0 Å². The number of rotatable bonds is 3. The van der Waals surface area contributed by atoms with Crippen molar-refractivity contribution in [1.29, 1.82) is 0 Å². The van der Waals surface area contributed by atoms with Crippen molar-refractivity contribution in [2.45, 2.75) is 33.1 Å². The van der Waals surface area contributed by atoms with Gasteiger partial charge in [0.1, 0.15) is 0 Å². The molecule has 0 saturated heterocycles. The lowest BCUT2D eigenvalue weighted by Crippen LogP contribution is -2.18. The summed E-state index contributed by atoms with van der Waals surface area (Å²) in [6, 6.07) is 6.05. The minimum absolute atomic E-state index is 0.110. The Morgan fingerprint density at radius 1 is 1.47 bits per heavy atom. The maximum Gasteiger partial charge on any atom is 0.224 e. The monoisotopic (exact) mass is 232 g/mol. The molecule has 0 radical (unpaired) electrons. The largest absolute Gasteiger partial charge is 0.385 e. The van der Waals surface area contributed by atoms with Crippen molar-refractivity contribution in [1.82, 2.24) is 0 Å². The van der Waals surface area contributed by atoms with E-state index in [2.05, 4.69) is 30.5 Å². The summed E-state index contributed by atoms with van der Waals surface area (Å²) in [5.41, 5.74) is 3.38. The smallest absolute Gasteiger partial charge is 0.224 e. The summed E-state index contributed by atoms with van der Waals surface area (Å²) in [7, 11) is 0. The molecular weight excluding hydrogens is 212 g/mol. The first-order chi connectivity index (χ1) is 8.16. The van der Waals surface area contributed by atoms with Crippen LogP contribution in [0.25, 0.3) is 0 Å². The van der Waals surface area contributed by atoms with Crippen LogP contribution >= 0.6 is 0 Å². The van der Waals surface area contributed by atoms with Crippen LogP contribution in [-0.2, 0) is 11.2 Å². The second kappa shape index (κ2) is 5.21. The van der Waals surface area contributed by atoms with Gasteiger partial charge < -0.3 is 10.6 Å². The van der Waals surface area contributed by atoms with Crippen LogP contribution in [0, 0.1) is 5.92 Å². The van der Waals surface area contributed by atoms with E-state index in [1.807, 2.05) is 12.1 Å². The second-order valence-electron chi connectivity index (χ2n) is 5.01. The predicted molar refractivity (Wildman–Crippen MR) is 71.3 cm³/mol. The van der Waals surface area contributed by atoms with Crippen LogP contribution < -0.4 is 10.6 Å². The molecule has 1 heterocycles. The van der Waals surface area contributed by atoms with Gasteiger partial charge in [-0.1, -0.05) is 19.9 Å². The highest BCUT2D eigenvalue weighted by Crippen LogP contribution is 2.29. The predicted octanol–water partition coefficient (Wildman–Crippen LogP) is 3.03. The van der Waals surface area contributed by atoms with Gasteiger partial charge in [0, 0.05) is 24.3 Å². The van der Waals surface area contributed by atoms with Crippen molar-refractivity contribution in [3.63, 3.8) is 0 Å². The maximum atomic E-state index is 11.8. The number of nitrogens with one attached hydrogen (secondary N) is 2. The van der Waals surface area contributed by atoms with Crippen LogP contribution in [-0.4, -0.2) is 12.5 Å². The third-order valence-electron chi connectivity index (χ3n) is 2.96. The minimum Gasteiger partial charge on any atom is -0.385 e. The quantitative estimate of drug-likeness (QED) is 0.841. The van der Waals surface area contributed by atoms with E-state index < -0.39 is 0 Å². The van der Waals surface area contributed by atoms with Crippen molar-refractivity contribution in [2.24, 2.45) is 5.92 Å². The Balaban J connectivity index is 2.13. The number of benzene rings is 1. The summed E-state index contributed by atoms with van der Waals surface area (Å²) in [6.07, 6.45) is 2.75. The van der Waals surface area contributed by atoms with Crippen LogP contribution in [0.15, 0.2) is 18.2 Å². The van der Waals surface area contributed by atoms with Crippen LogP contribution in [0.4, 0.5) is 11.4 Å². The molecule has 0 bridgehead atoms. The Morgan fingerprint density at radius 2 is 2.29 bits per heavy atom. The van der Waals surface area contributed by atoms with Crippen molar-refractivity contribution >= 4 is 17.3 Å². The van der Waals surface area contributed by atoms with Gasteiger partial charge in [0.2, 0.25) is 5.91 Å². The molecule has 0 aliphatic carbocycles. The van der Waals surface area contributed by atoms with E-state index >= 15 is 0 Å². The summed E-state index contributed by atoms with van der Waals surface area (Å²) in [5.74, 6) is 0.506. The Bertz CT molecular complexity index is 413. The first-order valence-electron chi connectivity index (χ1n) is 6.32. The van der Waals surface area contributed by atoms with Gasteiger partial charge in [-0.25, -0.2) is 0 Å². The average molecular weight is 232 g/mol. The number of hydrogen-bond acceptors (Lipinski definition) is 2. The molecule has 0 aromatic heterocycles. The molecule has 2 N–H and O–H groups in total. The number of carbonyl (C=O) groups is 1. The highest BCUT2D eigenvalue weighted by Gasteiger charge is 2.14. The third-order valence-corrected chi connectivity index (χ3v) is 2.96. The van der Waals surface area contributed by atoms with Gasteiger partial charge in [-0.05, 0) is 36.5 Å². The molecule has 92 valence electrons. The van der Waals surface area contributed by atoms with Gasteiger partial charge >= 0.3 is 0 Å². The molecule has 0 saturated carbocycles. The molecule has 0 atom stereocenters. The van der Waals surface area contributed by atoms with Gasteiger partial charge in [0.05, 0.1) is 0 Å². The molecule has 0 fully saturated rings. The van der Waals surface area contributed by atoms with Crippen LogP contribution in [0.5, 0.6) is 0 Å². The SMILES string of the molecule is CC(C)CC(=O)Nc1cccc2c1CCCN2. The highest BCUT2D eigenvalue weighted by molar-refractivity contribution is 5.92. The van der Waals surface area contributed by atoms with Crippen molar-refractivity contribution in [3.8, 4) is 0 Å². The fourth-order valence-electron chi connectivity index (χ4n) is 2.20. The zero-order chi connectivity index (χ0) is 12.3. The van der Waals surface area contributed by atoms with E-state index in [0.29, 0.717) is 12.3 Å². The Morgan fingerprint density at radius 3 is 3.06 bits per heavy atom. The molecule has 1 aromatic rings. The summed E-state index contributed by atoms with van der Waals surface area (Å²) >= 11 is 0. The number of amides is 1. The molecule has 1 aliphatic rings. The van der Waals surface area contributed by atoms with Crippen molar-refractivity contribution in [3.05, 3.63) is 23.8 Å². The Kier molecular flexibility index (Phi) is 3.67. The highest BCUT2D eigenvalue weighted by atomic mass is 16.1.